The van der Waals surface area contributed by atoms with Crippen molar-refractivity contribution in [2.45, 2.75) is 19.3 Å². The van der Waals surface area contributed by atoms with Crippen LogP contribution in [-0.4, -0.2) is 21.7 Å². The van der Waals surface area contributed by atoms with Gasteiger partial charge in [0.15, 0.2) is 0 Å². The highest BCUT2D eigenvalue weighted by Gasteiger charge is 2.31. The molecule has 1 aromatic heterocycles. The van der Waals surface area contributed by atoms with E-state index in [0.717, 1.165) is 11.7 Å². The zero-order valence-corrected chi connectivity index (χ0v) is 11.3. The van der Waals surface area contributed by atoms with Crippen molar-refractivity contribution in [1.29, 1.82) is 0 Å². The minimum Gasteiger partial charge on any atom is -0.406 e. The first kappa shape index (κ1) is 14.7. The maximum absolute atomic E-state index is 12.2. The normalized spacial score (nSPS) is 13.2. The number of alkyl halides is 3. The van der Waals surface area contributed by atoms with E-state index in [1.807, 2.05) is 6.92 Å². The summed E-state index contributed by atoms with van der Waals surface area (Å²) in [5.41, 5.74) is 1.31. The zero-order valence-electron chi connectivity index (χ0n) is 10.5. The standard InChI is InChI=1S/C12H12F3N3OS/c1-2-16-11(10-7-17-20-18-10)8-4-3-5-9(6-8)19-12(13,14)15/h3-7,11,16H,2H2,1H3. The highest BCUT2D eigenvalue weighted by Crippen LogP contribution is 2.27. The molecule has 0 saturated carbocycles. The molecule has 2 rings (SSSR count). The smallest absolute Gasteiger partial charge is 0.406 e. The number of rotatable bonds is 5. The van der Waals surface area contributed by atoms with Crippen LogP contribution in [0, 0.1) is 0 Å². The van der Waals surface area contributed by atoms with Gasteiger partial charge in [0.05, 0.1) is 29.7 Å². The van der Waals surface area contributed by atoms with Crippen molar-refractivity contribution in [1.82, 2.24) is 14.1 Å². The minimum absolute atomic E-state index is 0.249. The van der Waals surface area contributed by atoms with E-state index in [2.05, 4.69) is 18.8 Å². The Bertz CT molecular complexity index is 545. The third-order valence-corrected chi connectivity index (χ3v) is 3.00. The molecule has 0 radical (unpaired) electrons. The second-order valence-corrected chi connectivity index (χ2v) is 4.50. The topological polar surface area (TPSA) is 47.0 Å². The summed E-state index contributed by atoms with van der Waals surface area (Å²) in [6.45, 7) is 2.55. The lowest BCUT2D eigenvalue weighted by atomic mass is 10.0. The summed E-state index contributed by atoms with van der Waals surface area (Å²) < 4.78 is 48.7. The van der Waals surface area contributed by atoms with Crippen LogP contribution in [0.5, 0.6) is 5.75 Å². The lowest BCUT2D eigenvalue weighted by Crippen LogP contribution is -2.22. The van der Waals surface area contributed by atoms with Crippen molar-refractivity contribution < 1.29 is 17.9 Å². The predicted molar refractivity (Wildman–Crippen MR) is 68.6 cm³/mol. The Kier molecular flexibility index (Phi) is 4.56. The Morgan fingerprint density at radius 3 is 2.80 bits per heavy atom. The fraction of sp³-hybridized carbons (Fsp3) is 0.333. The van der Waals surface area contributed by atoms with Crippen LogP contribution >= 0.6 is 11.7 Å². The molecule has 0 aliphatic rings. The summed E-state index contributed by atoms with van der Waals surface area (Å²) >= 11 is 1.05. The first-order valence-electron chi connectivity index (χ1n) is 5.86. The van der Waals surface area contributed by atoms with Crippen molar-refractivity contribution in [3.8, 4) is 5.75 Å². The van der Waals surface area contributed by atoms with Crippen LogP contribution in [0.15, 0.2) is 30.5 Å². The molecule has 108 valence electrons. The van der Waals surface area contributed by atoms with E-state index >= 15 is 0 Å². The Morgan fingerprint density at radius 1 is 1.40 bits per heavy atom. The van der Waals surface area contributed by atoms with Crippen LogP contribution in [0.1, 0.15) is 24.2 Å². The highest BCUT2D eigenvalue weighted by atomic mass is 32.1. The summed E-state index contributed by atoms with van der Waals surface area (Å²) in [5.74, 6) is -0.249. The molecule has 0 aliphatic heterocycles. The van der Waals surface area contributed by atoms with Crippen LogP contribution in [0.25, 0.3) is 0 Å². The van der Waals surface area contributed by atoms with Gasteiger partial charge in [-0.25, -0.2) is 0 Å². The van der Waals surface area contributed by atoms with E-state index in [1.165, 1.54) is 18.2 Å². The molecule has 0 saturated heterocycles. The van der Waals surface area contributed by atoms with E-state index in [9.17, 15) is 13.2 Å². The molecule has 0 spiro atoms. The first-order valence-corrected chi connectivity index (χ1v) is 6.59. The lowest BCUT2D eigenvalue weighted by molar-refractivity contribution is -0.274. The molecule has 1 atom stereocenters. The van der Waals surface area contributed by atoms with E-state index in [4.69, 9.17) is 0 Å². The predicted octanol–water partition coefficient (Wildman–Crippen LogP) is 3.14. The molecule has 0 bridgehead atoms. The van der Waals surface area contributed by atoms with Gasteiger partial charge in [0.1, 0.15) is 5.75 Å². The van der Waals surface area contributed by atoms with Crippen LogP contribution in [0.2, 0.25) is 0 Å². The van der Waals surface area contributed by atoms with Crippen molar-refractivity contribution in [2.24, 2.45) is 0 Å². The molecule has 0 fully saturated rings. The number of ether oxygens (including phenoxy) is 1. The third kappa shape index (κ3) is 3.91. The molecule has 0 aliphatic carbocycles. The van der Waals surface area contributed by atoms with E-state index in [-0.39, 0.29) is 11.8 Å². The first-order chi connectivity index (χ1) is 9.49. The van der Waals surface area contributed by atoms with Crippen LogP contribution in [-0.2, 0) is 0 Å². The average Bonchev–Trinajstić information content (AvgIpc) is 2.87. The van der Waals surface area contributed by atoms with Gasteiger partial charge in [-0.1, -0.05) is 19.1 Å². The van der Waals surface area contributed by atoms with E-state index in [0.29, 0.717) is 17.8 Å². The monoisotopic (exact) mass is 303 g/mol. The van der Waals surface area contributed by atoms with Gasteiger partial charge in [-0.3, -0.25) is 0 Å². The Morgan fingerprint density at radius 2 is 2.20 bits per heavy atom. The molecule has 2 aromatic rings. The number of halogens is 3. The molecule has 1 N–H and O–H groups in total. The second kappa shape index (κ2) is 6.19. The quantitative estimate of drug-likeness (QED) is 0.922. The fourth-order valence-corrected chi connectivity index (χ4v) is 2.24. The number of aromatic nitrogens is 2. The van der Waals surface area contributed by atoms with Gasteiger partial charge in [0.2, 0.25) is 0 Å². The van der Waals surface area contributed by atoms with Crippen LogP contribution < -0.4 is 10.1 Å². The number of nitrogens with one attached hydrogen (secondary N) is 1. The number of benzene rings is 1. The van der Waals surface area contributed by atoms with Gasteiger partial charge < -0.3 is 10.1 Å². The van der Waals surface area contributed by atoms with Crippen molar-refractivity contribution in [3.05, 3.63) is 41.7 Å². The molecule has 1 heterocycles. The molecule has 20 heavy (non-hydrogen) atoms. The van der Waals surface area contributed by atoms with Crippen LogP contribution in [0.3, 0.4) is 0 Å². The van der Waals surface area contributed by atoms with Crippen molar-refractivity contribution in [3.63, 3.8) is 0 Å². The van der Waals surface area contributed by atoms with Gasteiger partial charge in [-0.15, -0.1) is 13.2 Å². The largest absolute Gasteiger partial charge is 0.573 e. The van der Waals surface area contributed by atoms with Gasteiger partial charge in [0, 0.05) is 0 Å². The van der Waals surface area contributed by atoms with E-state index < -0.39 is 6.36 Å². The molecule has 0 amide bonds. The van der Waals surface area contributed by atoms with Crippen molar-refractivity contribution >= 4 is 11.7 Å². The van der Waals surface area contributed by atoms with Gasteiger partial charge >= 0.3 is 6.36 Å². The third-order valence-electron chi connectivity index (χ3n) is 2.51. The molecular weight excluding hydrogens is 291 g/mol. The summed E-state index contributed by atoms with van der Waals surface area (Å²) in [4.78, 5) is 0. The summed E-state index contributed by atoms with van der Waals surface area (Å²) in [5, 5.41) is 3.16. The minimum atomic E-state index is -4.70. The summed E-state index contributed by atoms with van der Waals surface area (Å²) in [6, 6.07) is 5.53. The molecule has 1 aromatic carbocycles. The molecular formula is C12H12F3N3OS. The van der Waals surface area contributed by atoms with Gasteiger partial charge in [0.25, 0.3) is 0 Å². The molecule has 1 unspecified atom stereocenters. The summed E-state index contributed by atoms with van der Waals surface area (Å²) in [6.07, 6.45) is -3.11. The zero-order chi connectivity index (χ0) is 14.6. The fourth-order valence-electron chi connectivity index (χ4n) is 1.79. The number of hydrogen-bond donors (Lipinski definition) is 1. The van der Waals surface area contributed by atoms with Crippen molar-refractivity contribution in [2.75, 3.05) is 6.54 Å². The maximum atomic E-state index is 12.2. The Hall–Kier alpha value is -1.67. The number of nitrogens with zero attached hydrogens (tertiary/aromatic N) is 2. The summed E-state index contributed by atoms with van der Waals surface area (Å²) in [7, 11) is 0. The van der Waals surface area contributed by atoms with Gasteiger partial charge in [-0.2, -0.15) is 8.75 Å². The Labute approximate surface area is 117 Å². The SMILES string of the molecule is CCNC(c1cccc(OC(F)(F)F)c1)c1cnsn1. The molecule has 8 heteroatoms. The maximum Gasteiger partial charge on any atom is 0.573 e. The van der Waals surface area contributed by atoms with E-state index in [1.54, 1.807) is 12.3 Å². The molecule has 4 nitrogen and oxygen atoms in total. The second-order valence-electron chi connectivity index (χ2n) is 3.94. The highest BCUT2D eigenvalue weighted by molar-refractivity contribution is 6.99. The van der Waals surface area contributed by atoms with Crippen LogP contribution in [0.4, 0.5) is 13.2 Å². The average molecular weight is 303 g/mol. The van der Waals surface area contributed by atoms with Gasteiger partial charge in [-0.05, 0) is 24.2 Å². The Balaban J connectivity index is 2.27. The number of hydrogen-bond acceptors (Lipinski definition) is 5. The lowest BCUT2D eigenvalue weighted by Gasteiger charge is -2.17.